The van der Waals surface area contributed by atoms with Gasteiger partial charge in [0.25, 0.3) is 0 Å². The Morgan fingerprint density at radius 2 is 2.22 bits per heavy atom. The lowest BCUT2D eigenvalue weighted by molar-refractivity contribution is -0.124. The number of carbonyl (C=O) groups excluding carboxylic acids is 1. The average molecular weight is 250 g/mol. The van der Waals surface area contributed by atoms with Gasteiger partial charge in [0.05, 0.1) is 6.61 Å². The molecule has 0 fully saturated rings. The van der Waals surface area contributed by atoms with Crippen LogP contribution in [0.1, 0.15) is 25.8 Å². The van der Waals surface area contributed by atoms with Crippen LogP contribution in [0.2, 0.25) is 0 Å². The average Bonchev–Trinajstić information content (AvgIpc) is 2.39. The van der Waals surface area contributed by atoms with Gasteiger partial charge in [0.2, 0.25) is 5.91 Å². The summed E-state index contributed by atoms with van der Waals surface area (Å²) in [7, 11) is 0. The molecule has 0 aliphatic rings. The molecule has 0 aliphatic heterocycles. The van der Waals surface area contributed by atoms with Crippen molar-refractivity contribution in [3.05, 3.63) is 29.8 Å². The summed E-state index contributed by atoms with van der Waals surface area (Å²) in [6.45, 7) is 5.45. The first-order valence-electron chi connectivity index (χ1n) is 6.40. The summed E-state index contributed by atoms with van der Waals surface area (Å²) in [6, 6.07) is 7.73. The Kier molecular flexibility index (Phi) is 6.22. The van der Waals surface area contributed by atoms with Crippen LogP contribution in [0.3, 0.4) is 0 Å². The number of benzene rings is 1. The largest absolute Gasteiger partial charge is 0.494 e. The molecular weight excluding hydrogens is 228 g/mol. The first-order valence-corrected chi connectivity index (χ1v) is 6.40. The van der Waals surface area contributed by atoms with Crippen molar-refractivity contribution in [2.45, 2.75) is 26.8 Å². The van der Waals surface area contributed by atoms with Crippen LogP contribution in [0.4, 0.5) is 0 Å². The third kappa shape index (κ3) is 4.37. The maximum absolute atomic E-state index is 11.8. The third-order valence-electron chi connectivity index (χ3n) is 2.82. The Morgan fingerprint density at radius 3 is 2.83 bits per heavy atom. The Bertz CT molecular complexity index is 376. The summed E-state index contributed by atoms with van der Waals surface area (Å²) in [4.78, 5) is 11.8. The zero-order valence-electron chi connectivity index (χ0n) is 11.1. The van der Waals surface area contributed by atoms with Crippen molar-refractivity contribution >= 4 is 5.91 Å². The van der Waals surface area contributed by atoms with Crippen molar-refractivity contribution in [3.8, 4) is 5.75 Å². The van der Waals surface area contributed by atoms with Gasteiger partial charge in [-0.3, -0.25) is 4.79 Å². The molecule has 100 valence electrons. The Hall–Kier alpha value is -1.55. The summed E-state index contributed by atoms with van der Waals surface area (Å²) in [5.74, 6) is 0.747. The topological polar surface area (TPSA) is 64.3 Å². The molecule has 1 aromatic carbocycles. The molecule has 0 saturated carbocycles. The molecule has 0 bridgehead atoms. The molecule has 0 aliphatic carbocycles. The van der Waals surface area contributed by atoms with Crippen molar-refractivity contribution in [1.29, 1.82) is 0 Å². The van der Waals surface area contributed by atoms with Crippen LogP contribution >= 0.6 is 0 Å². The molecule has 4 nitrogen and oxygen atoms in total. The summed E-state index contributed by atoms with van der Waals surface area (Å²) in [5, 5.41) is 2.90. The number of ether oxygens (including phenoxy) is 1. The van der Waals surface area contributed by atoms with Gasteiger partial charge in [0, 0.05) is 19.0 Å². The highest BCUT2D eigenvalue weighted by Crippen LogP contribution is 2.13. The van der Waals surface area contributed by atoms with Gasteiger partial charge < -0.3 is 15.8 Å². The molecular formula is C14H22N2O2. The zero-order valence-corrected chi connectivity index (χ0v) is 11.1. The van der Waals surface area contributed by atoms with Crippen LogP contribution < -0.4 is 15.8 Å². The molecule has 1 rings (SSSR count). The lowest BCUT2D eigenvalue weighted by Gasteiger charge is -2.13. The van der Waals surface area contributed by atoms with Gasteiger partial charge in [-0.25, -0.2) is 0 Å². The highest BCUT2D eigenvalue weighted by atomic mass is 16.5. The van der Waals surface area contributed by atoms with Crippen molar-refractivity contribution < 1.29 is 9.53 Å². The molecule has 0 radical (unpaired) electrons. The fraction of sp³-hybridized carbons (Fsp3) is 0.500. The fourth-order valence-corrected chi connectivity index (χ4v) is 1.70. The molecule has 18 heavy (non-hydrogen) atoms. The summed E-state index contributed by atoms with van der Waals surface area (Å²) in [6.07, 6.45) is 0.765. The predicted molar refractivity (Wildman–Crippen MR) is 72.3 cm³/mol. The monoisotopic (exact) mass is 250 g/mol. The van der Waals surface area contributed by atoms with E-state index in [-0.39, 0.29) is 11.8 Å². The fourth-order valence-electron chi connectivity index (χ4n) is 1.70. The SMILES string of the molecule is CCOc1cccc(CNC(=O)C(CC)CN)c1. The second-order valence-corrected chi connectivity index (χ2v) is 4.14. The van der Waals surface area contributed by atoms with E-state index in [4.69, 9.17) is 10.5 Å². The van der Waals surface area contributed by atoms with Crippen LogP contribution in [0.15, 0.2) is 24.3 Å². The Morgan fingerprint density at radius 1 is 1.44 bits per heavy atom. The minimum atomic E-state index is -0.0972. The minimum absolute atomic E-state index is 0.0156. The van der Waals surface area contributed by atoms with Crippen molar-refractivity contribution in [1.82, 2.24) is 5.32 Å². The lowest BCUT2D eigenvalue weighted by Crippen LogP contribution is -2.34. The first-order chi connectivity index (χ1) is 8.71. The number of hydrogen-bond acceptors (Lipinski definition) is 3. The van der Waals surface area contributed by atoms with Crippen molar-refractivity contribution in [2.75, 3.05) is 13.2 Å². The quantitative estimate of drug-likeness (QED) is 0.774. The van der Waals surface area contributed by atoms with Crippen molar-refractivity contribution in [3.63, 3.8) is 0 Å². The van der Waals surface area contributed by atoms with E-state index in [1.807, 2.05) is 38.1 Å². The molecule has 3 N–H and O–H groups in total. The van der Waals surface area contributed by atoms with Gasteiger partial charge in [-0.15, -0.1) is 0 Å². The van der Waals surface area contributed by atoms with E-state index in [1.54, 1.807) is 0 Å². The number of nitrogens with one attached hydrogen (secondary N) is 1. The molecule has 1 aromatic rings. The molecule has 0 heterocycles. The molecule has 0 spiro atoms. The van der Waals surface area contributed by atoms with E-state index in [9.17, 15) is 4.79 Å². The molecule has 1 amide bonds. The van der Waals surface area contributed by atoms with Gasteiger partial charge in [0.15, 0.2) is 0 Å². The van der Waals surface area contributed by atoms with Gasteiger partial charge in [-0.2, -0.15) is 0 Å². The van der Waals surface area contributed by atoms with Crippen molar-refractivity contribution in [2.24, 2.45) is 11.7 Å². The number of amides is 1. The van der Waals surface area contributed by atoms with E-state index < -0.39 is 0 Å². The van der Waals surface area contributed by atoms with E-state index in [0.29, 0.717) is 19.7 Å². The zero-order chi connectivity index (χ0) is 13.4. The summed E-state index contributed by atoms with van der Waals surface area (Å²) in [5.41, 5.74) is 6.56. The lowest BCUT2D eigenvalue weighted by atomic mass is 10.1. The highest BCUT2D eigenvalue weighted by Gasteiger charge is 2.13. The standard InChI is InChI=1S/C14H22N2O2/c1-3-12(9-15)14(17)16-10-11-6-5-7-13(8-11)18-4-2/h5-8,12H,3-4,9-10,15H2,1-2H3,(H,16,17). The maximum Gasteiger partial charge on any atom is 0.224 e. The van der Waals surface area contributed by atoms with Crippen LogP contribution in [0.25, 0.3) is 0 Å². The number of hydrogen-bond donors (Lipinski definition) is 2. The molecule has 1 atom stereocenters. The van der Waals surface area contributed by atoms with Gasteiger partial charge >= 0.3 is 0 Å². The smallest absolute Gasteiger partial charge is 0.224 e. The van der Waals surface area contributed by atoms with Crippen LogP contribution in [-0.2, 0) is 11.3 Å². The molecule has 0 saturated heterocycles. The summed E-state index contributed by atoms with van der Waals surface area (Å²) < 4.78 is 5.41. The number of carbonyl (C=O) groups is 1. The van der Waals surface area contributed by atoms with Crippen LogP contribution in [0.5, 0.6) is 5.75 Å². The van der Waals surface area contributed by atoms with Gasteiger partial charge in [-0.1, -0.05) is 19.1 Å². The molecule has 4 heteroatoms. The second kappa shape index (κ2) is 7.71. The van der Waals surface area contributed by atoms with Crippen LogP contribution in [-0.4, -0.2) is 19.1 Å². The maximum atomic E-state index is 11.8. The number of nitrogens with two attached hydrogens (primary N) is 1. The second-order valence-electron chi connectivity index (χ2n) is 4.14. The van der Waals surface area contributed by atoms with Crippen LogP contribution in [0, 0.1) is 5.92 Å². The predicted octanol–water partition coefficient (Wildman–Crippen LogP) is 1.69. The minimum Gasteiger partial charge on any atom is -0.494 e. The number of rotatable bonds is 7. The van der Waals surface area contributed by atoms with E-state index >= 15 is 0 Å². The highest BCUT2D eigenvalue weighted by molar-refractivity contribution is 5.78. The third-order valence-corrected chi connectivity index (χ3v) is 2.82. The van der Waals surface area contributed by atoms with Gasteiger partial charge in [0.1, 0.15) is 5.75 Å². The molecule has 1 unspecified atom stereocenters. The normalized spacial score (nSPS) is 11.9. The van der Waals surface area contributed by atoms with Gasteiger partial charge in [-0.05, 0) is 31.0 Å². The molecule has 0 aromatic heterocycles. The Balaban J connectivity index is 2.52. The first kappa shape index (κ1) is 14.5. The van der Waals surface area contributed by atoms with E-state index in [1.165, 1.54) is 0 Å². The van der Waals surface area contributed by atoms with E-state index in [2.05, 4.69) is 5.32 Å². The van der Waals surface area contributed by atoms with E-state index in [0.717, 1.165) is 17.7 Å². The summed E-state index contributed by atoms with van der Waals surface area (Å²) >= 11 is 0. The Labute approximate surface area is 109 Å².